The van der Waals surface area contributed by atoms with Gasteiger partial charge in [-0.05, 0) is 62.1 Å². The van der Waals surface area contributed by atoms with Crippen LogP contribution in [-0.2, 0) is 4.79 Å². The summed E-state index contributed by atoms with van der Waals surface area (Å²) in [6, 6.07) is 7.67. The highest BCUT2D eigenvalue weighted by atomic mass is 16.5. The van der Waals surface area contributed by atoms with Gasteiger partial charge < -0.3 is 15.8 Å². The lowest BCUT2D eigenvalue weighted by Crippen LogP contribution is -2.42. The third kappa shape index (κ3) is 5.52. The van der Waals surface area contributed by atoms with Gasteiger partial charge in [-0.15, -0.1) is 0 Å². The number of ether oxygens (including phenoxy) is 1. The van der Waals surface area contributed by atoms with Gasteiger partial charge in [0.25, 0.3) is 0 Å². The maximum Gasteiger partial charge on any atom is 0.237 e. The van der Waals surface area contributed by atoms with Crippen LogP contribution in [0, 0.1) is 5.92 Å². The maximum atomic E-state index is 12.3. The van der Waals surface area contributed by atoms with Crippen LogP contribution in [0.3, 0.4) is 0 Å². The minimum Gasteiger partial charge on any atom is -0.490 e. The highest BCUT2D eigenvalue weighted by Crippen LogP contribution is 2.26. The molecule has 0 bridgehead atoms. The number of amides is 1. The fraction of sp³-hybridized carbons (Fsp3) is 0.650. The predicted octanol–water partition coefficient (Wildman–Crippen LogP) is 3.95. The van der Waals surface area contributed by atoms with E-state index in [4.69, 9.17) is 10.5 Å². The third-order valence-electron chi connectivity index (χ3n) is 4.67. The Morgan fingerprint density at radius 1 is 1.25 bits per heavy atom. The second kappa shape index (κ2) is 9.07. The van der Waals surface area contributed by atoms with E-state index in [1.54, 1.807) is 0 Å². The van der Waals surface area contributed by atoms with E-state index in [1.165, 1.54) is 12.8 Å². The molecular formula is C20H32N2O2. The summed E-state index contributed by atoms with van der Waals surface area (Å²) in [7, 11) is 0. The molecule has 2 atom stereocenters. The molecule has 1 aliphatic carbocycles. The quantitative estimate of drug-likeness (QED) is 0.757. The van der Waals surface area contributed by atoms with Gasteiger partial charge in [-0.2, -0.15) is 0 Å². The Balaban J connectivity index is 1.93. The molecule has 1 aromatic rings. The summed E-state index contributed by atoms with van der Waals surface area (Å²) in [5.74, 6) is 1.27. The van der Waals surface area contributed by atoms with Gasteiger partial charge in [0.1, 0.15) is 5.75 Å². The molecule has 24 heavy (non-hydrogen) atoms. The van der Waals surface area contributed by atoms with E-state index in [0.29, 0.717) is 18.4 Å². The topological polar surface area (TPSA) is 64.4 Å². The van der Waals surface area contributed by atoms with Crippen molar-refractivity contribution in [2.45, 2.75) is 77.5 Å². The summed E-state index contributed by atoms with van der Waals surface area (Å²) >= 11 is 0. The average Bonchev–Trinajstić information content (AvgIpc) is 3.05. The first-order valence-electron chi connectivity index (χ1n) is 9.32. The number of nitrogens with two attached hydrogens (primary N) is 1. The number of rotatable bonds is 8. The Morgan fingerprint density at radius 2 is 1.88 bits per heavy atom. The Bertz CT molecular complexity index is 507. The van der Waals surface area contributed by atoms with E-state index in [-0.39, 0.29) is 11.9 Å². The Labute approximate surface area is 146 Å². The molecular weight excluding hydrogens is 300 g/mol. The fourth-order valence-corrected chi connectivity index (χ4v) is 3.29. The predicted molar refractivity (Wildman–Crippen MR) is 97.9 cm³/mol. The average molecular weight is 332 g/mol. The first kappa shape index (κ1) is 18.8. The molecule has 0 saturated heterocycles. The third-order valence-corrected chi connectivity index (χ3v) is 4.67. The number of carbonyl (C=O) groups is 1. The molecule has 1 aliphatic rings. The lowest BCUT2D eigenvalue weighted by atomic mass is 10.0. The zero-order valence-corrected chi connectivity index (χ0v) is 15.3. The number of carbonyl (C=O) groups excluding carboxylic acids is 1. The van der Waals surface area contributed by atoms with Crippen molar-refractivity contribution in [3.8, 4) is 5.75 Å². The van der Waals surface area contributed by atoms with E-state index >= 15 is 0 Å². The molecule has 1 aromatic carbocycles. The molecule has 134 valence electrons. The Hall–Kier alpha value is -1.55. The number of nitrogens with one attached hydrogen (secondary N) is 1. The molecule has 1 saturated carbocycles. The molecule has 0 radical (unpaired) electrons. The standard InChI is InChI=1S/C20H32N2O2/c1-4-19(22-20(23)18(21)13-14(2)3)15-9-11-17(12-10-15)24-16-7-5-6-8-16/h9-12,14,16,18-19H,4-8,13,21H2,1-3H3,(H,22,23)/t18-,19-/m1/s1. The normalized spacial score (nSPS) is 17.7. The van der Waals surface area contributed by atoms with Crippen molar-refractivity contribution in [1.29, 1.82) is 0 Å². The van der Waals surface area contributed by atoms with E-state index < -0.39 is 6.04 Å². The molecule has 0 heterocycles. The van der Waals surface area contributed by atoms with Gasteiger partial charge >= 0.3 is 0 Å². The molecule has 0 aliphatic heterocycles. The summed E-state index contributed by atoms with van der Waals surface area (Å²) < 4.78 is 6.00. The lowest BCUT2D eigenvalue weighted by molar-refractivity contribution is -0.123. The molecule has 0 aromatic heterocycles. The largest absolute Gasteiger partial charge is 0.490 e. The van der Waals surface area contributed by atoms with Gasteiger partial charge in [-0.3, -0.25) is 4.79 Å². The molecule has 0 spiro atoms. The molecule has 1 amide bonds. The monoisotopic (exact) mass is 332 g/mol. The van der Waals surface area contributed by atoms with E-state index in [1.807, 2.05) is 24.3 Å². The van der Waals surface area contributed by atoms with Crippen LogP contribution < -0.4 is 15.8 Å². The number of benzene rings is 1. The smallest absolute Gasteiger partial charge is 0.237 e. The fourth-order valence-electron chi connectivity index (χ4n) is 3.29. The van der Waals surface area contributed by atoms with Gasteiger partial charge in [-0.25, -0.2) is 0 Å². The van der Waals surface area contributed by atoms with Crippen LogP contribution in [0.1, 0.15) is 70.9 Å². The molecule has 4 nitrogen and oxygen atoms in total. The van der Waals surface area contributed by atoms with Crippen molar-refractivity contribution in [3.05, 3.63) is 29.8 Å². The van der Waals surface area contributed by atoms with E-state index in [9.17, 15) is 4.79 Å². The van der Waals surface area contributed by atoms with Gasteiger partial charge in [0.2, 0.25) is 5.91 Å². The van der Waals surface area contributed by atoms with Crippen molar-refractivity contribution in [2.75, 3.05) is 0 Å². The SMILES string of the molecule is CC[C@@H](NC(=O)[C@H](N)CC(C)C)c1ccc(OC2CCCC2)cc1. The highest BCUT2D eigenvalue weighted by molar-refractivity contribution is 5.81. The van der Waals surface area contributed by atoms with E-state index in [2.05, 4.69) is 26.1 Å². The minimum atomic E-state index is -0.441. The minimum absolute atomic E-state index is 0.00348. The van der Waals surface area contributed by atoms with Crippen molar-refractivity contribution >= 4 is 5.91 Å². The summed E-state index contributed by atoms with van der Waals surface area (Å²) in [6.07, 6.45) is 6.75. The molecule has 3 N–H and O–H groups in total. The number of hydrogen-bond donors (Lipinski definition) is 2. The number of hydrogen-bond acceptors (Lipinski definition) is 3. The molecule has 1 fully saturated rings. The van der Waals surface area contributed by atoms with Crippen LogP contribution in [0.2, 0.25) is 0 Å². The van der Waals surface area contributed by atoms with Crippen molar-refractivity contribution in [1.82, 2.24) is 5.32 Å². The lowest BCUT2D eigenvalue weighted by Gasteiger charge is -2.21. The molecule has 0 unspecified atom stereocenters. The summed E-state index contributed by atoms with van der Waals surface area (Å²) in [5.41, 5.74) is 7.08. The first-order chi connectivity index (χ1) is 11.5. The van der Waals surface area contributed by atoms with Crippen molar-refractivity contribution < 1.29 is 9.53 Å². The second-order valence-electron chi connectivity index (χ2n) is 7.30. The van der Waals surface area contributed by atoms with Crippen molar-refractivity contribution in [3.63, 3.8) is 0 Å². The zero-order chi connectivity index (χ0) is 17.5. The van der Waals surface area contributed by atoms with Gasteiger partial charge in [-0.1, -0.05) is 32.9 Å². The summed E-state index contributed by atoms with van der Waals surface area (Å²) in [6.45, 7) is 6.23. The summed E-state index contributed by atoms with van der Waals surface area (Å²) in [4.78, 5) is 12.3. The molecule has 4 heteroatoms. The Morgan fingerprint density at radius 3 is 2.42 bits per heavy atom. The van der Waals surface area contributed by atoms with Crippen molar-refractivity contribution in [2.24, 2.45) is 11.7 Å². The van der Waals surface area contributed by atoms with Crippen LogP contribution in [0.25, 0.3) is 0 Å². The van der Waals surface area contributed by atoms with Gasteiger partial charge in [0.15, 0.2) is 0 Å². The summed E-state index contributed by atoms with van der Waals surface area (Å²) in [5, 5.41) is 3.08. The van der Waals surface area contributed by atoms with Gasteiger partial charge in [0.05, 0.1) is 18.2 Å². The Kier molecular flexibility index (Phi) is 7.10. The highest BCUT2D eigenvalue weighted by Gasteiger charge is 2.20. The van der Waals surface area contributed by atoms with Gasteiger partial charge in [0, 0.05) is 0 Å². The van der Waals surface area contributed by atoms with Crippen LogP contribution in [0.5, 0.6) is 5.75 Å². The second-order valence-corrected chi connectivity index (χ2v) is 7.30. The van der Waals surface area contributed by atoms with Crippen LogP contribution >= 0.6 is 0 Å². The van der Waals surface area contributed by atoms with Crippen LogP contribution in [0.15, 0.2) is 24.3 Å². The zero-order valence-electron chi connectivity index (χ0n) is 15.3. The maximum absolute atomic E-state index is 12.3. The van der Waals surface area contributed by atoms with E-state index in [0.717, 1.165) is 30.6 Å². The molecule has 2 rings (SSSR count). The van der Waals surface area contributed by atoms with Crippen LogP contribution in [-0.4, -0.2) is 18.1 Å². The first-order valence-corrected chi connectivity index (χ1v) is 9.32. The van der Waals surface area contributed by atoms with Crippen LogP contribution in [0.4, 0.5) is 0 Å².